The Morgan fingerprint density at radius 1 is 1.23 bits per heavy atom. The van der Waals surface area contributed by atoms with Crippen molar-refractivity contribution in [1.82, 2.24) is 15.0 Å². The zero-order valence-corrected chi connectivity index (χ0v) is 16.2. The van der Waals surface area contributed by atoms with Gasteiger partial charge >= 0.3 is 0 Å². The van der Waals surface area contributed by atoms with E-state index >= 15 is 0 Å². The van der Waals surface area contributed by atoms with Crippen molar-refractivity contribution in [2.24, 2.45) is 0 Å². The highest BCUT2D eigenvalue weighted by Gasteiger charge is 2.26. The third-order valence-electron chi connectivity index (χ3n) is 4.91. The van der Waals surface area contributed by atoms with Gasteiger partial charge in [-0.1, -0.05) is 0 Å². The zero-order valence-electron chi connectivity index (χ0n) is 16.2. The summed E-state index contributed by atoms with van der Waals surface area (Å²) in [7, 11) is 0. The molecule has 0 amide bonds. The molecular weight excluding hydrogens is 392 g/mol. The molecular formula is C21H19F2N5O2. The normalized spacial score (nSPS) is 16.5. The van der Waals surface area contributed by atoms with Gasteiger partial charge in [-0.25, -0.2) is 13.8 Å². The Morgan fingerprint density at radius 2 is 2.07 bits per heavy atom. The molecule has 1 aliphatic rings. The number of aryl methyl sites for hydroxylation is 1. The Kier molecular flexibility index (Phi) is 5.37. The molecule has 3 aromatic rings. The van der Waals surface area contributed by atoms with Crippen LogP contribution in [-0.4, -0.2) is 40.9 Å². The van der Waals surface area contributed by atoms with Gasteiger partial charge in [0.1, 0.15) is 23.6 Å². The highest BCUT2D eigenvalue weighted by atomic mass is 19.1. The van der Waals surface area contributed by atoms with Crippen molar-refractivity contribution in [2.45, 2.75) is 13.0 Å². The average Bonchev–Trinajstić information content (AvgIpc) is 2.73. The minimum atomic E-state index is -0.839. The molecule has 1 saturated heterocycles. The topological polar surface area (TPSA) is 94.2 Å². The first-order valence-electron chi connectivity index (χ1n) is 9.33. The predicted octanol–water partition coefficient (Wildman–Crippen LogP) is 3.10. The van der Waals surface area contributed by atoms with Crippen molar-refractivity contribution in [1.29, 1.82) is 0 Å². The quantitative estimate of drug-likeness (QED) is 0.659. The van der Waals surface area contributed by atoms with Crippen LogP contribution in [0.5, 0.6) is 0 Å². The lowest BCUT2D eigenvalue weighted by Crippen LogP contribution is -2.39. The van der Waals surface area contributed by atoms with E-state index in [2.05, 4.69) is 15.0 Å². The monoisotopic (exact) mass is 411 g/mol. The van der Waals surface area contributed by atoms with Crippen LogP contribution in [0.2, 0.25) is 0 Å². The maximum atomic E-state index is 14.4. The summed E-state index contributed by atoms with van der Waals surface area (Å²) in [5, 5.41) is 0. The fraction of sp³-hybridized carbons (Fsp3) is 0.238. The van der Waals surface area contributed by atoms with Crippen molar-refractivity contribution in [3.63, 3.8) is 0 Å². The van der Waals surface area contributed by atoms with Crippen LogP contribution < -0.4 is 10.6 Å². The molecule has 1 fully saturated rings. The summed E-state index contributed by atoms with van der Waals surface area (Å²) in [5.41, 5.74) is 7.77. The van der Waals surface area contributed by atoms with Crippen molar-refractivity contribution < 1.29 is 18.3 Å². The first-order chi connectivity index (χ1) is 14.5. The van der Waals surface area contributed by atoms with Crippen LogP contribution >= 0.6 is 0 Å². The number of halogens is 2. The number of aldehydes is 1. The molecule has 9 heteroatoms. The molecule has 0 saturated carbocycles. The molecule has 154 valence electrons. The number of nitrogens with zero attached hydrogens (tertiary/aromatic N) is 4. The molecule has 0 aliphatic carbocycles. The number of carbonyl (C=O) groups excluding carboxylic acids is 1. The SMILES string of the molecule is Cc1cc([C@H]2CN(c3nc(N)c(C=O)c(-c4ccc(F)cc4F)n3)CCO2)ccn1. The Hall–Kier alpha value is -3.46. The smallest absolute Gasteiger partial charge is 0.228 e. The van der Waals surface area contributed by atoms with Gasteiger partial charge in [0.25, 0.3) is 0 Å². The third-order valence-corrected chi connectivity index (χ3v) is 4.91. The Labute approximate surface area is 171 Å². The van der Waals surface area contributed by atoms with E-state index in [4.69, 9.17) is 10.5 Å². The number of rotatable bonds is 4. The number of pyridine rings is 1. The van der Waals surface area contributed by atoms with E-state index in [0.717, 1.165) is 23.4 Å². The summed E-state index contributed by atoms with van der Waals surface area (Å²) in [6, 6.07) is 6.88. The molecule has 0 spiro atoms. The van der Waals surface area contributed by atoms with Gasteiger partial charge in [-0.3, -0.25) is 9.78 Å². The number of benzene rings is 1. The second kappa shape index (κ2) is 8.11. The lowest BCUT2D eigenvalue weighted by atomic mass is 10.1. The van der Waals surface area contributed by atoms with E-state index in [1.807, 2.05) is 24.0 Å². The van der Waals surface area contributed by atoms with Crippen LogP contribution in [0.4, 0.5) is 20.5 Å². The third kappa shape index (κ3) is 3.84. The number of nitrogens with two attached hydrogens (primary N) is 1. The molecule has 1 aliphatic heterocycles. The van der Waals surface area contributed by atoms with E-state index in [-0.39, 0.29) is 34.7 Å². The number of hydrogen-bond acceptors (Lipinski definition) is 7. The highest BCUT2D eigenvalue weighted by molar-refractivity contribution is 5.91. The van der Waals surface area contributed by atoms with E-state index in [9.17, 15) is 13.6 Å². The van der Waals surface area contributed by atoms with Crippen LogP contribution in [0.3, 0.4) is 0 Å². The number of ether oxygens (including phenoxy) is 1. The Bertz CT molecular complexity index is 1110. The van der Waals surface area contributed by atoms with Gasteiger partial charge in [-0.15, -0.1) is 0 Å². The maximum absolute atomic E-state index is 14.4. The van der Waals surface area contributed by atoms with Crippen molar-refractivity contribution >= 4 is 18.1 Å². The molecule has 7 nitrogen and oxygen atoms in total. The molecule has 0 bridgehead atoms. The molecule has 2 aromatic heterocycles. The molecule has 0 radical (unpaired) electrons. The second-order valence-electron chi connectivity index (χ2n) is 6.95. The summed E-state index contributed by atoms with van der Waals surface area (Å²) in [5.74, 6) is -1.39. The van der Waals surface area contributed by atoms with Crippen LogP contribution in [0, 0.1) is 18.6 Å². The number of hydrogen-bond donors (Lipinski definition) is 1. The summed E-state index contributed by atoms with van der Waals surface area (Å²) < 4.78 is 33.6. The number of aromatic nitrogens is 3. The van der Waals surface area contributed by atoms with Gasteiger partial charge in [0.2, 0.25) is 5.95 Å². The summed E-state index contributed by atoms with van der Waals surface area (Å²) >= 11 is 0. The van der Waals surface area contributed by atoms with Gasteiger partial charge in [0.05, 0.1) is 24.4 Å². The van der Waals surface area contributed by atoms with E-state index in [0.29, 0.717) is 26.0 Å². The lowest BCUT2D eigenvalue weighted by molar-refractivity contribution is 0.0391. The minimum absolute atomic E-state index is 0.0211. The highest BCUT2D eigenvalue weighted by Crippen LogP contribution is 2.31. The first-order valence-corrected chi connectivity index (χ1v) is 9.33. The van der Waals surface area contributed by atoms with Crippen LogP contribution in [-0.2, 0) is 4.74 Å². The van der Waals surface area contributed by atoms with E-state index in [1.165, 1.54) is 6.07 Å². The minimum Gasteiger partial charge on any atom is -0.383 e. The van der Waals surface area contributed by atoms with Crippen LogP contribution in [0.15, 0.2) is 36.5 Å². The van der Waals surface area contributed by atoms with Crippen LogP contribution in [0.1, 0.15) is 27.7 Å². The molecule has 4 rings (SSSR count). The summed E-state index contributed by atoms with van der Waals surface area (Å²) in [6.07, 6.45) is 1.96. The van der Waals surface area contributed by atoms with E-state index in [1.54, 1.807) is 6.20 Å². The lowest BCUT2D eigenvalue weighted by Gasteiger charge is -2.33. The first kappa shape index (κ1) is 19.8. The molecule has 2 N–H and O–H groups in total. The standard InChI is InChI=1S/C21H19F2N5O2/c1-12-8-13(4-5-25-12)18-10-28(6-7-30-18)21-26-19(16(11-29)20(24)27-21)15-3-2-14(22)9-17(15)23/h2-5,8-9,11,18H,6-7,10H2,1H3,(H2,24,26,27)/t18-/m1/s1. The zero-order chi connectivity index (χ0) is 21.3. The fourth-order valence-electron chi connectivity index (χ4n) is 3.42. The maximum Gasteiger partial charge on any atom is 0.228 e. The predicted molar refractivity (Wildman–Crippen MR) is 107 cm³/mol. The molecule has 30 heavy (non-hydrogen) atoms. The molecule has 1 atom stereocenters. The number of carbonyl (C=O) groups is 1. The largest absolute Gasteiger partial charge is 0.383 e. The second-order valence-corrected chi connectivity index (χ2v) is 6.95. The van der Waals surface area contributed by atoms with Gasteiger partial charge in [0.15, 0.2) is 6.29 Å². The van der Waals surface area contributed by atoms with Crippen molar-refractivity contribution in [3.05, 3.63) is 65.0 Å². The average molecular weight is 411 g/mol. The number of nitrogen functional groups attached to an aromatic ring is 1. The Morgan fingerprint density at radius 3 is 2.80 bits per heavy atom. The summed E-state index contributed by atoms with van der Waals surface area (Å²) in [6.45, 7) is 3.25. The van der Waals surface area contributed by atoms with Gasteiger partial charge in [-0.2, -0.15) is 4.98 Å². The Balaban J connectivity index is 1.72. The van der Waals surface area contributed by atoms with Crippen LogP contribution in [0.25, 0.3) is 11.3 Å². The van der Waals surface area contributed by atoms with Crippen molar-refractivity contribution in [2.75, 3.05) is 30.3 Å². The van der Waals surface area contributed by atoms with Gasteiger partial charge in [0, 0.05) is 30.1 Å². The molecule has 3 heterocycles. The molecule has 1 aromatic carbocycles. The van der Waals surface area contributed by atoms with Crippen molar-refractivity contribution in [3.8, 4) is 11.3 Å². The van der Waals surface area contributed by atoms with Gasteiger partial charge in [-0.05, 0) is 36.8 Å². The number of anilines is 2. The molecule has 0 unspecified atom stereocenters. The summed E-state index contributed by atoms with van der Waals surface area (Å²) in [4.78, 5) is 26.3. The fourth-order valence-corrected chi connectivity index (χ4v) is 3.42. The van der Waals surface area contributed by atoms with E-state index < -0.39 is 11.6 Å². The number of morpholine rings is 1. The van der Waals surface area contributed by atoms with Gasteiger partial charge < -0.3 is 15.4 Å².